The van der Waals surface area contributed by atoms with Crippen LogP contribution in [0.4, 0.5) is 10.1 Å². The number of nitrogens with one attached hydrogen (secondary N) is 1. The topological polar surface area (TPSA) is 81.2 Å². The van der Waals surface area contributed by atoms with Gasteiger partial charge in [0.2, 0.25) is 5.91 Å². The van der Waals surface area contributed by atoms with E-state index in [9.17, 15) is 14.0 Å². The number of esters is 1. The van der Waals surface area contributed by atoms with Crippen molar-refractivity contribution in [2.75, 3.05) is 11.9 Å². The smallest absolute Gasteiger partial charge is 0.318 e. The summed E-state index contributed by atoms with van der Waals surface area (Å²) in [6.45, 7) is 1.79. The number of carbonyl (C=O) groups excluding carboxylic acids is 2. The van der Waals surface area contributed by atoms with Gasteiger partial charge in [-0.05, 0) is 53.8 Å². The summed E-state index contributed by atoms with van der Waals surface area (Å²) in [5, 5.41) is 2.44. The monoisotopic (exact) mass is 443 g/mol. The van der Waals surface area contributed by atoms with Gasteiger partial charge in [-0.15, -0.1) is 0 Å². The summed E-state index contributed by atoms with van der Waals surface area (Å²) in [7, 11) is 0. The molecular weight excluding hydrogens is 428 g/mol. The minimum Gasteiger partial charge on any atom is -0.465 e. The maximum Gasteiger partial charge on any atom is 0.318 e. The van der Waals surface area contributed by atoms with Crippen molar-refractivity contribution in [3.63, 3.8) is 0 Å². The van der Waals surface area contributed by atoms with Crippen molar-refractivity contribution < 1.29 is 18.7 Å². The van der Waals surface area contributed by atoms with E-state index in [2.05, 4.69) is 15.3 Å². The minimum atomic E-state index is -1.13. The molecule has 0 saturated heterocycles. The van der Waals surface area contributed by atoms with Crippen LogP contribution in [0.1, 0.15) is 12.6 Å². The molecule has 24 heavy (non-hydrogen) atoms. The molecule has 2 aromatic rings. The lowest BCUT2D eigenvalue weighted by molar-refractivity contribution is -0.150. The molecule has 8 heteroatoms. The standard InChI is InChI=1S/C16H15FIN3O3/c1-2-24-16(23)12(8-11-5-6-19-9-20-11)15(22)21-14-4-3-10(18)7-13(14)17/h3-7,9,12H,2,8H2,1H3,(H,21,22)/t12-/m0/s1. The number of carbonyl (C=O) groups is 2. The lowest BCUT2D eigenvalue weighted by atomic mass is 10.0. The van der Waals surface area contributed by atoms with E-state index < -0.39 is 23.6 Å². The molecule has 0 saturated carbocycles. The molecule has 0 spiro atoms. The molecular formula is C16H15FIN3O3. The van der Waals surface area contributed by atoms with Gasteiger partial charge in [0, 0.05) is 21.9 Å². The normalized spacial score (nSPS) is 11.6. The molecule has 0 unspecified atom stereocenters. The Labute approximate surface area is 152 Å². The highest BCUT2D eigenvalue weighted by atomic mass is 127. The van der Waals surface area contributed by atoms with Gasteiger partial charge in [0.15, 0.2) is 0 Å². The van der Waals surface area contributed by atoms with Crippen LogP contribution in [-0.2, 0) is 20.7 Å². The van der Waals surface area contributed by atoms with E-state index in [1.54, 1.807) is 19.1 Å². The van der Waals surface area contributed by atoms with Crippen LogP contribution in [0.15, 0.2) is 36.8 Å². The summed E-state index contributed by atoms with van der Waals surface area (Å²) in [6, 6.07) is 6.00. The Bertz CT molecular complexity index is 728. The van der Waals surface area contributed by atoms with Crippen molar-refractivity contribution in [2.24, 2.45) is 5.92 Å². The van der Waals surface area contributed by atoms with Crippen LogP contribution in [0.2, 0.25) is 0 Å². The second-order valence-electron chi connectivity index (χ2n) is 4.82. The number of amides is 1. The summed E-state index contributed by atoms with van der Waals surface area (Å²) in [4.78, 5) is 32.3. The third-order valence-corrected chi connectivity index (χ3v) is 3.80. The first-order valence-electron chi connectivity index (χ1n) is 7.18. The number of nitrogens with zero attached hydrogens (tertiary/aromatic N) is 2. The fourth-order valence-corrected chi connectivity index (χ4v) is 2.44. The van der Waals surface area contributed by atoms with Crippen LogP contribution < -0.4 is 5.32 Å². The fourth-order valence-electron chi connectivity index (χ4n) is 1.98. The average Bonchev–Trinajstić information content (AvgIpc) is 2.56. The first kappa shape index (κ1) is 18.2. The Morgan fingerprint density at radius 1 is 1.38 bits per heavy atom. The highest BCUT2D eigenvalue weighted by molar-refractivity contribution is 14.1. The van der Waals surface area contributed by atoms with E-state index in [0.29, 0.717) is 9.26 Å². The Kier molecular flexibility index (Phi) is 6.59. The van der Waals surface area contributed by atoms with Crippen LogP contribution in [0, 0.1) is 15.3 Å². The third-order valence-electron chi connectivity index (χ3n) is 3.13. The van der Waals surface area contributed by atoms with Gasteiger partial charge in [-0.3, -0.25) is 9.59 Å². The molecule has 0 aliphatic heterocycles. The van der Waals surface area contributed by atoms with Crippen LogP contribution in [0.3, 0.4) is 0 Å². The number of halogens is 2. The van der Waals surface area contributed by atoms with Crippen molar-refractivity contribution in [2.45, 2.75) is 13.3 Å². The molecule has 1 N–H and O–H groups in total. The molecule has 126 valence electrons. The van der Waals surface area contributed by atoms with Gasteiger partial charge in [-0.2, -0.15) is 0 Å². The SMILES string of the molecule is CCOC(=O)[C@@H](Cc1ccncn1)C(=O)Nc1ccc(I)cc1F. The van der Waals surface area contributed by atoms with E-state index in [-0.39, 0.29) is 18.7 Å². The number of hydrogen-bond donors (Lipinski definition) is 1. The highest BCUT2D eigenvalue weighted by Gasteiger charge is 2.29. The van der Waals surface area contributed by atoms with Crippen molar-refractivity contribution >= 4 is 40.2 Å². The molecule has 1 heterocycles. The zero-order valence-corrected chi connectivity index (χ0v) is 15.0. The van der Waals surface area contributed by atoms with Gasteiger partial charge in [-0.1, -0.05) is 0 Å². The first-order chi connectivity index (χ1) is 11.5. The number of rotatable bonds is 6. The van der Waals surface area contributed by atoms with Crippen molar-refractivity contribution in [1.82, 2.24) is 9.97 Å². The summed E-state index contributed by atoms with van der Waals surface area (Å²) in [5.41, 5.74) is 0.527. The van der Waals surface area contributed by atoms with Crippen molar-refractivity contribution in [3.05, 3.63) is 51.9 Å². The van der Waals surface area contributed by atoms with Crippen LogP contribution in [-0.4, -0.2) is 28.5 Å². The summed E-state index contributed by atoms with van der Waals surface area (Å²) < 4.78 is 19.5. The lowest BCUT2D eigenvalue weighted by Crippen LogP contribution is -2.33. The summed E-state index contributed by atoms with van der Waals surface area (Å²) in [5.74, 6) is -3.02. The fraction of sp³-hybridized carbons (Fsp3) is 0.250. The molecule has 1 aromatic heterocycles. The van der Waals surface area contributed by atoms with Gasteiger partial charge in [-0.25, -0.2) is 14.4 Å². The predicted molar refractivity (Wildman–Crippen MR) is 93.6 cm³/mol. The molecule has 6 nitrogen and oxygen atoms in total. The second kappa shape index (κ2) is 8.67. The molecule has 2 rings (SSSR count). The molecule has 0 radical (unpaired) electrons. The van der Waals surface area contributed by atoms with Gasteiger partial charge < -0.3 is 10.1 Å². The molecule has 1 aromatic carbocycles. The maximum atomic E-state index is 13.9. The average molecular weight is 443 g/mol. The van der Waals surface area contributed by atoms with E-state index in [4.69, 9.17) is 4.74 Å². The van der Waals surface area contributed by atoms with E-state index in [1.165, 1.54) is 24.7 Å². The summed E-state index contributed by atoms with van der Waals surface area (Å²) >= 11 is 1.96. The predicted octanol–water partition coefficient (Wildman–Crippen LogP) is 2.58. The van der Waals surface area contributed by atoms with Crippen LogP contribution in [0.25, 0.3) is 0 Å². The number of anilines is 1. The zero-order chi connectivity index (χ0) is 17.5. The Balaban J connectivity index is 2.18. The number of aromatic nitrogens is 2. The number of hydrogen-bond acceptors (Lipinski definition) is 5. The van der Waals surface area contributed by atoms with E-state index in [1.807, 2.05) is 22.6 Å². The van der Waals surface area contributed by atoms with E-state index >= 15 is 0 Å². The first-order valence-corrected chi connectivity index (χ1v) is 8.26. The van der Waals surface area contributed by atoms with Gasteiger partial charge in [0.1, 0.15) is 18.1 Å². The summed E-state index contributed by atoms with van der Waals surface area (Å²) in [6.07, 6.45) is 2.88. The lowest BCUT2D eigenvalue weighted by Gasteiger charge is -2.15. The maximum absolute atomic E-state index is 13.9. The van der Waals surface area contributed by atoms with Gasteiger partial charge >= 0.3 is 5.97 Å². The van der Waals surface area contributed by atoms with Crippen molar-refractivity contribution in [1.29, 1.82) is 0 Å². The van der Waals surface area contributed by atoms with Crippen molar-refractivity contribution in [3.8, 4) is 0 Å². The Morgan fingerprint density at radius 2 is 2.17 bits per heavy atom. The Hall–Kier alpha value is -2.10. The number of benzene rings is 1. The highest BCUT2D eigenvalue weighted by Crippen LogP contribution is 2.19. The molecule has 0 aliphatic carbocycles. The Morgan fingerprint density at radius 3 is 2.79 bits per heavy atom. The number of ether oxygens (including phenoxy) is 1. The molecule has 0 bridgehead atoms. The molecule has 0 fully saturated rings. The third kappa shape index (κ3) is 4.95. The molecule has 1 atom stereocenters. The second-order valence-corrected chi connectivity index (χ2v) is 6.07. The van der Waals surface area contributed by atoms with Crippen LogP contribution in [0.5, 0.6) is 0 Å². The van der Waals surface area contributed by atoms with Gasteiger partial charge in [0.25, 0.3) is 0 Å². The molecule has 1 amide bonds. The van der Waals surface area contributed by atoms with Gasteiger partial charge in [0.05, 0.1) is 12.3 Å². The van der Waals surface area contributed by atoms with Crippen LogP contribution >= 0.6 is 22.6 Å². The quantitative estimate of drug-likeness (QED) is 0.422. The zero-order valence-electron chi connectivity index (χ0n) is 12.8. The minimum absolute atomic E-state index is 0.0115. The molecule has 0 aliphatic rings. The van der Waals surface area contributed by atoms with E-state index in [0.717, 1.165) is 0 Å². The largest absolute Gasteiger partial charge is 0.465 e.